The van der Waals surface area contributed by atoms with Crippen LogP contribution in [0.2, 0.25) is 10.0 Å². The van der Waals surface area contributed by atoms with Crippen molar-refractivity contribution in [3.05, 3.63) is 87.2 Å². The fourth-order valence-electron chi connectivity index (χ4n) is 7.13. The summed E-state index contributed by atoms with van der Waals surface area (Å²) in [4.78, 5) is 87.1. The number of aliphatic imine (C=N–C) groups is 3. The fraction of sp³-hybridized carbons (Fsp3) is 0.308. The van der Waals surface area contributed by atoms with Gasteiger partial charge in [0, 0.05) is 55.0 Å². The normalized spacial score (nSPS) is 21.8. The number of hydrogen-bond donors (Lipinski definition) is 3. The monoisotopic (exact) mass is 851 g/mol. The van der Waals surface area contributed by atoms with Gasteiger partial charge < -0.3 is 14.7 Å². The second-order valence-corrected chi connectivity index (χ2v) is 14.7. The van der Waals surface area contributed by atoms with E-state index >= 15 is 0 Å². The summed E-state index contributed by atoms with van der Waals surface area (Å²) in [5, 5.41) is 8.27. The van der Waals surface area contributed by atoms with Gasteiger partial charge in [-0.05, 0) is 61.2 Å². The van der Waals surface area contributed by atoms with Crippen molar-refractivity contribution in [2.45, 2.75) is 76.3 Å². The number of amides is 6. The van der Waals surface area contributed by atoms with E-state index in [4.69, 9.17) is 23.2 Å². The van der Waals surface area contributed by atoms with E-state index in [1.54, 1.807) is 36.0 Å². The van der Waals surface area contributed by atoms with Crippen LogP contribution in [0.5, 0.6) is 0 Å². The van der Waals surface area contributed by atoms with Gasteiger partial charge >= 0.3 is 0 Å². The highest BCUT2D eigenvalue weighted by molar-refractivity contribution is 6.33. The molecule has 3 N–H and O–H groups in total. The summed E-state index contributed by atoms with van der Waals surface area (Å²) in [5.41, 5.74) is 4.94. The van der Waals surface area contributed by atoms with Crippen molar-refractivity contribution in [2.75, 3.05) is 0 Å². The van der Waals surface area contributed by atoms with Gasteiger partial charge in [0.05, 0.1) is 41.1 Å². The van der Waals surface area contributed by atoms with Crippen molar-refractivity contribution < 1.29 is 33.2 Å². The molecule has 0 spiro atoms. The number of fused-ring (bicyclic) bond motifs is 3. The highest BCUT2D eigenvalue weighted by Crippen LogP contribution is 2.34. The molecule has 58 heavy (non-hydrogen) atoms. The number of carbonyl (C=O) groups excluding carboxylic acids is 6. The average Bonchev–Trinajstić information content (AvgIpc) is 3.18. The van der Waals surface area contributed by atoms with Crippen LogP contribution in [-0.4, -0.2) is 87.3 Å². The summed E-state index contributed by atoms with van der Waals surface area (Å²) in [6.45, 7) is 1.53. The lowest BCUT2D eigenvalue weighted by molar-refractivity contribution is -0.138. The van der Waals surface area contributed by atoms with Crippen molar-refractivity contribution in [3.8, 4) is 0 Å². The topological polar surface area (TPSA) is 185 Å². The van der Waals surface area contributed by atoms with Crippen molar-refractivity contribution >= 4 is 107 Å². The zero-order valence-corrected chi connectivity index (χ0v) is 33.0. The second kappa shape index (κ2) is 18.3. The third kappa shape index (κ3) is 9.52. The summed E-state index contributed by atoms with van der Waals surface area (Å²) in [7, 11) is 0. The highest BCUT2D eigenvalue weighted by atomic mass is 35.5. The van der Waals surface area contributed by atoms with Crippen LogP contribution in [0.3, 0.4) is 0 Å². The van der Waals surface area contributed by atoms with E-state index in [1.165, 1.54) is 12.1 Å². The van der Waals surface area contributed by atoms with Crippen molar-refractivity contribution in [1.82, 2.24) is 30.7 Å². The maximum Gasteiger partial charge on any atom is 0.249 e. The molecule has 302 valence electrons. The minimum absolute atomic E-state index is 0. The molecule has 6 heterocycles. The smallest absolute Gasteiger partial charge is 0.249 e. The molecule has 3 aromatic rings. The number of imide groups is 3. The molecular weight excluding hydrogens is 816 g/mol. The SMILES string of the molecule is Cl.O=C1CCC(N2C=Nc3c(Cl)cccc3C2)C(=O)N1.O=C1CCC(N2C=Nc3ccc(F)cc3C2)C(=O)N1.O=C1CCC(N2C=Nc3cccc(Cl)c3C2)C(=O)N1. The summed E-state index contributed by atoms with van der Waals surface area (Å²) in [5.74, 6) is -1.83. The van der Waals surface area contributed by atoms with Crippen LogP contribution in [0.1, 0.15) is 55.2 Å². The first-order chi connectivity index (χ1) is 27.4. The molecule has 6 aliphatic heterocycles. The summed E-state index contributed by atoms with van der Waals surface area (Å²) in [6.07, 6.45) is 7.40. The molecule has 3 saturated heterocycles. The first-order valence-electron chi connectivity index (χ1n) is 18.2. The summed E-state index contributed by atoms with van der Waals surface area (Å²) >= 11 is 12.2. The Hall–Kier alpha value is -5.71. The van der Waals surface area contributed by atoms with Gasteiger partial charge in [0.2, 0.25) is 35.4 Å². The first kappa shape index (κ1) is 41.9. The molecule has 3 fully saturated rings. The fourth-order valence-corrected chi connectivity index (χ4v) is 7.61. The Morgan fingerprint density at radius 3 is 1.62 bits per heavy atom. The van der Waals surface area contributed by atoms with Crippen LogP contribution >= 0.6 is 35.6 Å². The van der Waals surface area contributed by atoms with E-state index in [9.17, 15) is 33.2 Å². The molecule has 0 aromatic heterocycles. The second-order valence-electron chi connectivity index (χ2n) is 13.9. The van der Waals surface area contributed by atoms with E-state index in [2.05, 4.69) is 30.9 Å². The Kier molecular flexibility index (Phi) is 13.2. The average molecular weight is 853 g/mol. The molecule has 6 aliphatic rings. The lowest BCUT2D eigenvalue weighted by Gasteiger charge is -2.33. The van der Waals surface area contributed by atoms with Gasteiger partial charge in [-0.2, -0.15) is 0 Å². The maximum absolute atomic E-state index is 13.2. The predicted molar refractivity (Wildman–Crippen MR) is 216 cm³/mol. The van der Waals surface area contributed by atoms with Gasteiger partial charge in [0.1, 0.15) is 23.9 Å². The van der Waals surface area contributed by atoms with Gasteiger partial charge in [-0.3, -0.25) is 44.7 Å². The molecule has 3 unspecified atom stereocenters. The largest absolute Gasteiger partial charge is 0.346 e. The van der Waals surface area contributed by atoms with E-state index in [0.717, 1.165) is 28.1 Å². The first-order valence-corrected chi connectivity index (χ1v) is 18.9. The highest BCUT2D eigenvalue weighted by Gasteiger charge is 2.34. The number of benzene rings is 3. The molecule has 0 radical (unpaired) electrons. The zero-order chi connectivity index (χ0) is 40.2. The standard InChI is InChI=1S/2C13H12ClN3O2.C13H12FN3O2.ClH/c14-9-2-1-3-10-8(9)6-17(7-15-10)11-4-5-12(18)16-13(11)19;14-9-3-1-2-8-6-17(7-15-12(8)9)10-4-5-11(18)16-13(10)19;14-9-1-2-10-8(5-9)6-17(7-15-10)11-3-4-12(18)16-13(11)19;/h1-3,7,11H,4-6H2,(H,16,18,19);1-3,7,10H,4-6H2,(H,16,18,19);1-2,5,7,11H,3-4,6H2,(H,16,18,19);1H. The lowest BCUT2D eigenvalue weighted by atomic mass is 10.0. The number of halogens is 4. The third-order valence-electron chi connectivity index (χ3n) is 10.1. The van der Waals surface area contributed by atoms with Crippen LogP contribution in [0.4, 0.5) is 21.5 Å². The summed E-state index contributed by atoms with van der Waals surface area (Å²) in [6, 6.07) is 14.4. The molecule has 19 heteroatoms. The number of hydrogen-bond acceptors (Lipinski definition) is 12. The minimum atomic E-state index is -0.419. The van der Waals surface area contributed by atoms with Crippen molar-refractivity contribution in [2.24, 2.45) is 15.0 Å². The Labute approximate surface area is 348 Å². The minimum Gasteiger partial charge on any atom is -0.346 e. The summed E-state index contributed by atoms with van der Waals surface area (Å²) < 4.78 is 13.2. The predicted octanol–water partition coefficient (Wildman–Crippen LogP) is 4.77. The van der Waals surface area contributed by atoms with Gasteiger partial charge in [-0.1, -0.05) is 41.4 Å². The number of nitrogens with zero attached hydrogens (tertiary/aromatic N) is 6. The van der Waals surface area contributed by atoms with Gasteiger partial charge in [0.15, 0.2) is 0 Å². The molecule has 3 aromatic carbocycles. The van der Waals surface area contributed by atoms with Crippen LogP contribution in [0, 0.1) is 5.82 Å². The Morgan fingerprint density at radius 1 is 0.569 bits per heavy atom. The maximum atomic E-state index is 13.2. The molecule has 3 atom stereocenters. The Morgan fingerprint density at radius 2 is 1.05 bits per heavy atom. The Bertz CT molecular complexity index is 2260. The zero-order valence-electron chi connectivity index (χ0n) is 30.7. The van der Waals surface area contributed by atoms with Crippen LogP contribution < -0.4 is 16.0 Å². The van der Waals surface area contributed by atoms with E-state index in [-0.39, 0.29) is 65.8 Å². The molecule has 9 rings (SSSR count). The van der Waals surface area contributed by atoms with Crippen LogP contribution in [-0.2, 0) is 48.4 Å². The molecule has 0 aliphatic carbocycles. The van der Waals surface area contributed by atoms with Crippen LogP contribution in [0.25, 0.3) is 0 Å². The van der Waals surface area contributed by atoms with Crippen molar-refractivity contribution in [3.63, 3.8) is 0 Å². The van der Waals surface area contributed by atoms with E-state index < -0.39 is 6.04 Å². The van der Waals surface area contributed by atoms with Crippen LogP contribution in [0.15, 0.2) is 69.6 Å². The molecule has 0 saturated carbocycles. The molecule has 0 bridgehead atoms. The molecule has 15 nitrogen and oxygen atoms in total. The molecule has 6 amide bonds. The van der Waals surface area contributed by atoms with Gasteiger partial charge in [-0.15, -0.1) is 12.4 Å². The van der Waals surface area contributed by atoms with E-state index in [1.807, 2.05) is 40.1 Å². The van der Waals surface area contributed by atoms with Crippen molar-refractivity contribution in [1.29, 1.82) is 0 Å². The lowest BCUT2D eigenvalue weighted by Crippen LogP contribution is -2.52. The number of piperidine rings is 3. The number of carbonyl (C=O) groups is 6. The number of para-hydroxylation sites is 1. The van der Waals surface area contributed by atoms with E-state index in [0.29, 0.717) is 73.9 Å². The van der Waals surface area contributed by atoms with Gasteiger partial charge in [0.25, 0.3) is 0 Å². The third-order valence-corrected chi connectivity index (χ3v) is 10.8. The number of nitrogens with one attached hydrogen (secondary N) is 3. The molecular formula is C39H37Cl3FN9O6. The quantitative estimate of drug-likeness (QED) is 0.313. The number of rotatable bonds is 3. The van der Waals surface area contributed by atoms with Gasteiger partial charge in [-0.25, -0.2) is 19.4 Å². The Balaban J connectivity index is 0.000000145.